The van der Waals surface area contributed by atoms with E-state index in [1.54, 1.807) is 0 Å². The standard InChI is InChI=1S/C26H25O2P/c1-3-18(4-2)17-29-27-23-15-13-19-9-5-7-11-21(19)25(23)26-22-12-8-6-10-20(22)14-16-24(26)28-29/h5-16,18H,3-4,17H2,1-2H3. The zero-order valence-corrected chi connectivity index (χ0v) is 17.8. The molecule has 29 heavy (non-hydrogen) atoms. The van der Waals surface area contributed by atoms with Crippen molar-refractivity contribution in [2.75, 3.05) is 0 Å². The highest BCUT2D eigenvalue weighted by Gasteiger charge is 2.14. The molecule has 146 valence electrons. The molecule has 0 aliphatic heterocycles. The molecular formula is C26H25O2P. The van der Waals surface area contributed by atoms with Crippen molar-refractivity contribution in [2.24, 2.45) is 5.92 Å². The zero-order valence-electron chi connectivity index (χ0n) is 16.9. The predicted molar refractivity (Wildman–Crippen MR) is 125 cm³/mol. The largest absolute Gasteiger partial charge is 0.419 e. The van der Waals surface area contributed by atoms with Crippen LogP contribution in [0.15, 0.2) is 81.2 Å². The summed E-state index contributed by atoms with van der Waals surface area (Å²) >= 11 is 0. The summed E-state index contributed by atoms with van der Waals surface area (Å²) < 4.78 is 13.1. The van der Waals surface area contributed by atoms with Gasteiger partial charge in [0.15, 0.2) is 0 Å². The molecule has 3 heteroatoms. The van der Waals surface area contributed by atoms with Crippen LogP contribution in [0, 0.1) is 5.92 Å². The molecule has 0 N–H and O–H groups in total. The number of rotatable bonds is 4. The van der Waals surface area contributed by atoms with Crippen molar-refractivity contribution in [2.45, 2.75) is 32.9 Å². The van der Waals surface area contributed by atoms with Gasteiger partial charge in [-0.15, -0.1) is 0 Å². The van der Waals surface area contributed by atoms with E-state index in [9.17, 15) is 0 Å². The van der Waals surface area contributed by atoms with Gasteiger partial charge in [0, 0.05) is 10.8 Å². The van der Waals surface area contributed by atoms with E-state index >= 15 is 0 Å². The molecule has 0 atom stereocenters. The Morgan fingerprint density at radius 1 is 0.655 bits per heavy atom. The Bertz CT molecular complexity index is 1260. The quantitative estimate of drug-likeness (QED) is 0.301. The summed E-state index contributed by atoms with van der Waals surface area (Å²) in [7, 11) is -1.03. The Morgan fingerprint density at radius 3 is 1.62 bits per heavy atom. The summed E-state index contributed by atoms with van der Waals surface area (Å²) in [6.07, 6.45) is 3.26. The average molecular weight is 400 g/mol. The van der Waals surface area contributed by atoms with E-state index in [1.807, 2.05) is 0 Å². The average Bonchev–Trinajstić information content (AvgIpc) is 2.94. The molecule has 0 fully saturated rings. The zero-order chi connectivity index (χ0) is 19.8. The first-order chi connectivity index (χ1) is 14.3. The summed E-state index contributed by atoms with van der Waals surface area (Å²) in [6, 6.07) is 25.7. The van der Waals surface area contributed by atoms with Gasteiger partial charge in [0.2, 0.25) is 8.01 Å². The van der Waals surface area contributed by atoms with E-state index in [0.717, 1.165) is 40.9 Å². The smallest absolute Gasteiger partial charge is 0.216 e. The van der Waals surface area contributed by atoms with Crippen LogP contribution in [0.4, 0.5) is 0 Å². The van der Waals surface area contributed by atoms with Crippen LogP contribution in [0.3, 0.4) is 0 Å². The Kier molecular flexibility index (Phi) is 4.81. The fraction of sp³-hybridized carbons (Fsp3) is 0.231. The number of hydrogen-bond donors (Lipinski definition) is 0. The summed E-state index contributed by atoms with van der Waals surface area (Å²) in [5.74, 6) is 0.618. The molecule has 5 rings (SSSR count). The van der Waals surface area contributed by atoms with Crippen LogP contribution in [0.5, 0.6) is 0 Å². The second kappa shape index (κ2) is 7.61. The van der Waals surface area contributed by atoms with Crippen molar-refractivity contribution >= 4 is 51.5 Å². The van der Waals surface area contributed by atoms with E-state index in [2.05, 4.69) is 86.6 Å². The maximum atomic E-state index is 6.57. The van der Waals surface area contributed by atoms with Crippen LogP contribution < -0.4 is 0 Å². The van der Waals surface area contributed by atoms with E-state index in [4.69, 9.17) is 8.39 Å². The van der Waals surface area contributed by atoms with Crippen molar-refractivity contribution in [3.05, 3.63) is 72.8 Å². The molecule has 0 spiro atoms. The lowest BCUT2D eigenvalue weighted by Gasteiger charge is -2.09. The van der Waals surface area contributed by atoms with E-state index in [0.29, 0.717) is 5.92 Å². The molecule has 0 saturated heterocycles. The van der Waals surface area contributed by atoms with Gasteiger partial charge in [-0.05, 0) is 39.6 Å². The highest BCUT2D eigenvalue weighted by atomic mass is 31.1. The fourth-order valence-corrected chi connectivity index (χ4v) is 6.11. The Balaban J connectivity index is 1.99. The third kappa shape index (κ3) is 3.22. The summed E-state index contributed by atoms with van der Waals surface area (Å²) in [4.78, 5) is 0. The van der Waals surface area contributed by atoms with Crippen molar-refractivity contribution < 1.29 is 8.39 Å². The van der Waals surface area contributed by atoms with Gasteiger partial charge < -0.3 is 8.39 Å². The van der Waals surface area contributed by atoms with Gasteiger partial charge >= 0.3 is 0 Å². The van der Waals surface area contributed by atoms with Crippen LogP contribution in [0.25, 0.3) is 43.5 Å². The van der Waals surface area contributed by atoms with E-state index in [1.165, 1.54) is 21.5 Å². The lowest BCUT2D eigenvalue weighted by molar-refractivity contribution is 0.500. The van der Waals surface area contributed by atoms with Crippen LogP contribution in [0.2, 0.25) is 0 Å². The van der Waals surface area contributed by atoms with E-state index in [-0.39, 0.29) is 0 Å². The van der Waals surface area contributed by atoms with Gasteiger partial charge in [-0.25, -0.2) is 0 Å². The molecule has 1 aromatic heterocycles. The summed E-state index contributed by atoms with van der Waals surface area (Å²) in [5.41, 5.74) is 1.88. The Labute approximate surface area is 171 Å². The predicted octanol–water partition coefficient (Wildman–Crippen LogP) is 9.03. The van der Waals surface area contributed by atoms with Crippen molar-refractivity contribution in [1.29, 1.82) is 0 Å². The Hall–Kier alpha value is -2.70. The van der Waals surface area contributed by atoms with Gasteiger partial charge in [-0.2, -0.15) is 0 Å². The molecule has 0 unspecified atom stereocenters. The van der Waals surface area contributed by atoms with Gasteiger partial charge in [0.1, 0.15) is 11.2 Å². The maximum Gasteiger partial charge on any atom is 0.216 e. The normalized spacial score (nSPS) is 11.8. The molecule has 4 aromatic carbocycles. The second-order valence-corrected chi connectivity index (χ2v) is 9.10. The number of fused-ring (bicyclic) bond motifs is 7. The van der Waals surface area contributed by atoms with Crippen molar-refractivity contribution in [3.8, 4) is 0 Å². The summed E-state index contributed by atoms with van der Waals surface area (Å²) in [5, 5.41) is 7.19. The maximum absolute atomic E-state index is 6.57. The van der Waals surface area contributed by atoms with Crippen LogP contribution in [-0.4, -0.2) is 0 Å². The molecule has 0 amide bonds. The molecule has 1 heterocycles. The Morgan fingerprint density at radius 2 is 1.14 bits per heavy atom. The number of hydrogen-bond acceptors (Lipinski definition) is 2. The highest BCUT2D eigenvalue weighted by Crippen LogP contribution is 2.42. The first kappa shape index (κ1) is 18.3. The molecule has 0 bridgehead atoms. The summed E-state index contributed by atoms with van der Waals surface area (Å²) in [6.45, 7) is 4.51. The first-order valence-electron chi connectivity index (χ1n) is 10.5. The third-order valence-corrected chi connectivity index (χ3v) is 7.61. The first-order valence-corrected chi connectivity index (χ1v) is 11.8. The molecule has 0 saturated carbocycles. The molecule has 5 aromatic rings. The monoisotopic (exact) mass is 400 g/mol. The second-order valence-electron chi connectivity index (χ2n) is 7.70. The molecule has 2 nitrogen and oxygen atoms in total. The van der Waals surface area contributed by atoms with Gasteiger partial charge in [-0.1, -0.05) is 87.4 Å². The molecular weight excluding hydrogens is 375 g/mol. The topological polar surface area (TPSA) is 26.3 Å². The minimum atomic E-state index is -1.03. The molecule has 0 radical (unpaired) electrons. The highest BCUT2D eigenvalue weighted by molar-refractivity contribution is 7.36. The molecule has 0 aliphatic carbocycles. The molecule has 0 aliphatic rings. The van der Waals surface area contributed by atoms with Gasteiger partial charge in [0.25, 0.3) is 0 Å². The number of benzene rings is 4. The van der Waals surface area contributed by atoms with Gasteiger partial charge in [0.05, 0.1) is 6.16 Å². The van der Waals surface area contributed by atoms with Crippen LogP contribution in [0.1, 0.15) is 26.7 Å². The lowest BCUT2D eigenvalue weighted by atomic mass is 9.99. The lowest BCUT2D eigenvalue weighted by Crippen LogP contribution is -1.95. The van der Waals surface area contributed by atoms with E-state index < -0.39 is 8.01 Å². The van der Waals surface area contributed by atoms with Gasteiger partial charge in [-0.3, -0.25) is 0 Å². The van der Waals surface area contributed by atoms with Crippen molar-refractivity contribution in [3.63, 3.8) is 0 Å². The minimum absolute atomic E-state index is 0.618. The SMILES string of the molecule is CCC(CC)Cp1oc2ccc3ccccc3c2c2c(ccc3ccccc32)o1. The van der Waals surface area contributed by atoms with Crippen LogP contribution in [-0.2, 0) is 6.16 Å². The minimum Gasteiger partial charge on any atom is -0.419 e. The van der Waals surface area contributed by atoms with Crippen LogP contribution >= 0.6 is 8.01 Å². The fourth-order valence-electron chi connectivity index (χ4n) is 4.24. The van der Waals surface area contributed by atoms with Crippen molar-refractivity contribution in [1.82, 2.24) is 0 Å². The third-order valence-electron chi connectivity index (χ3n) is 5.99.